The van der Waals surface area contributed by atoms with Gasteiger partial charge in [-0.1, -0.05) is 12.1 Å². The van der Waals surface area contributed by atoms with E-state index in [9.17, 15) is 32.7 Å². The Hall–Kier alpha value is -4.34. The van der Waals surface area contributed by atoms with Gasteiger partial charge in [-0.25, -0.2) is 22.8 Å². The molecule has 0 aliphatic heterocycles. The minimum absolute atomic E-state index is 0.0157. The Morgan fingerprint density at radius 1 is 0.941 bits per heavy atom. The number of hydrogen-bond acceptors (Lipinski definition) is 5. The molecule has 7 nitrogen and oxygen atoms in total. The van der Waals surface area contributed by atoms with Gasteiger partial charge in [0.2, 0.25) is 0 Å². The first kappa shape index (κ1) is 24.3. The molecule has 0 unspecified atom stereocenters. The fraction of sp³-hybridized carbons (Fsp3) is 0.125. The van der Waals surface area contributed by atoms with Crippen LogP contribution in [0.25, 0.3) is 0 Å². The van der Waals surface area contributed by atoms with Crippen LogP contribution in [0.1, 0.15) is 43.6 Å². The van der Waals surface area contributed by atoms with Crippen LogP contribution in [-0.2, 0) is 4.74 Å². The van der Waals surface area contributed by atoms with E-state index in [1.165, 1.54) is 30.3 Å². The molecule has 3 rings (SSSR count). The molecule has 2 N–H and O–H groups in total. The van der Waals surface area contributed by atoms with E-state index in [0.717, 1.165) is 13.0 Å². The first-order chi connectivity index (χ1) is 16.1. The molecule has 10 heteroatoms. The van der Waals surface area contributed by atoms with Crippen LogP contribution in [0.4, 0.5) is 18.9 Å². The highest BCUT2D eigenvalue weighted by Gasteiger charge is 2.22. The number of ether oxygens (including phenoxy) is 2. The van der Waals surface area contributed by atoms with Gasteiger partial charge in [0.1, 0.15) is 11.6 Å². The zero-order valence-electron chi connectivity index (χ0n) is 17.9. The molecule has 34 heavy (non-hydrogen) atoms. The Morgan fingerprint density at radius 3 is 2.32 bits per heavy atom. The van der Waals surface area contributed by atoms with Crippen LogP contribution >= 0.6 is 0 Å². The molecule has 0 aliphatic rings. The molecule has 0 bridgehead atoms. The van der Waals surface area contributed by atoms with E-state index in [1.807, 2.05) is 0 Å². The SMILES string of the molecule is CCOC(=O)c1ccc(Oc2ccccc2NC(=O)c2cc(F)c(F)c(C)c2F)cc1C(=O)O. The molecular formula is C24H18F3NO6. The third kappa shape index (κ3) is 5.01. The average Bonchev–Trinajstić information content (AvgIpc) is 2.81. The van der Waals surface area contributed by atoms with Gasteiger partial charge < -0.3 is 19.9 Å². The van der Waals surface area contributed by atoms with Gasteiger partial charge in [0.05, 0.1) is 29.0 Å². The van der Waals surface area contributed by atoms with Gasteiger partial charge in [-0.05, 0) is 50.2 Å². The normalized spacial score (nSPS) is 10.5. The summed E-state index contributed by atoms with van der Waals surface area (Å²) in [5.74, 6) is -7.19. The smallest absolute Gasteiger partial charge is 0.339 e. The van der Waals surface area contributed by atoms with Crippen molar-refractivity contribution in [1.82, 2.24) is 0 Å². The minimum Gasteiger partial charge on any atom is -0.478 e. The topological polar surface area (TPSA) is 102 Å². The fourth-order valence-corrected chi connectivity index (χ4v) is 3.02. The number of hydrogen-bond donors (Lipinski definition) is 2. The maximum Gasteiger partial charge on any atom is 0.339 e. The second-order valence-corrected chi connectivity index (χ2v) is 6.94. The van der Waals surface area contributed by atoms with Crippen LogP contribution in [0.2, 0.25) is 0 Å². The number of halogens is 3. The first-order valence-corrected chi connectivity index (χ1v) is 9.90. The van der Waals surface area contributed by atoms with E-state index >= 15 is 0 Å². The van der Waals surface area contributed by atoms with E-state index < -0.39 is 46.4 Å². The molecule has 0 saturated heterocycles. The molecule has 0 heterocycles. The van der Waals surface area contributed by atoms with E-state index in [4.69, 9.17) is 9.47 Å². The van der Waals surface area contributed by atoms with Crippen molar-refractivity contribution in [1.29, 1.82) is 0 Å². The summed E-state index contributed by atoms with van der Waals surface area (Å²) in [6.45, 7) is 2.64. The van der Waals surface area contributed by atoms with Gasteiger partial charge in [0, 0.05) is 5.56 Å². The molecule has 0 saturated carbocycles. The van der Waals surface area contributed by atoms with Gasteiger partial charge in [-0.3, -0.25) is 4.79 Å². The standard InChI is InChI=1S/C24H18F3NO6/c1-3-33-24(32)14-9-8-13(10-15(14)23(30)31)34-19-7-5-4-6-18(19)28-22(29)16-11-17(25)21(27)12(2)20(16)26/h4-11H,3H2,1-2H3,(H,28,29)(H,30,31). The highest BCUT2D eigenvalue weighted by molar-refractivity contribution is 6.05. The number of carboxylic acid groups (broad SMARTS) is 1. The Labute approximate surface area is 191 Å². The summed E-state index contributed by atoms with van der Waals surface area (Å²) < 4.78 is 52.1. The summed E-state index contributed by atoms with van der Waals surface area (Å²) in [7, 11) is 0. The Morgan fingerprint density at radius 2 is 1.65 bits per heavy atom. The summed E-state index contributed by atoms with van der Waals surface area (Å²) in [6.07, 6.45) is 0. The molecule has 0 aliphatic carbocycles. The van der Waals surface area contributed by atoms with Crippen LogP contribution in [-0.4, -0.2) is 29.6 Å². The predicted molar refractivity (Wildman–Crippen MR) is 115 cm³/mol. The number of amides is 1. The summed E-state index contributed by atoms with van der Waals surface area (Å²) in [6, 6.07) is 10.0. The number of carbonyl (C=O) groups excluding carboxylic acids is 2. The highest BCUT2D eigenvalue weighted by atomic mass is 19.2. The highest BCUT2D eigenvalue weighted by Crippen LogP contribution is 2.31. The molecule has 3 aromatic carbocycles. The van der Waals surface area contributed by atoms with Crippen molar-refractivity contribution >= 4 is 23.5 Å². The van der Waals surface area contributed by atoms with Gasteiger partial charge in [0.25, 0.3) is 5.91 Å². The van der Waals surface area contributed by atoms with Crippen molar-refractivity contribution in [2.45, 2.75) is 13.8 Å². The lowest BCUT2D eigenvalue weighted by atomic mass is 10.1. The molecular weight excluding hydrogens is 455 g/mol. The van der Waals surface area contributed by atoms with E-state index in [2.05, 4.69) is 5.32 Å². The monoisotopic (exact) mass is 473 g/mol. The van der Waals surface area contributed by atoms with Crippen molar-refractivity contribution < 1.29 is 42.1 Å². The summed E-state index contributed by atoms with van der Waals surface area (Å²) >= 11 is 0. The van der Waals surface area contributed by atoms with Gasteiger partial charge >= 0.3 is 11.9 Å². The zero-order chi connectivity index (χ0) is 25.0. The Balaban J connectivity index is 1.91. The average molecular weight is 473 g/mol. The quantitative estimate of drug-likeness (QED) is 0.355. The number of benzene rings is 3. The first-order valence-electron chi connectivity index (χ1n) is 9.90. The van der Waals surface area contributed by atoms with Crippen molar-refractivity contribution in [3.63, 3.8) is 0 Å². The van der Waals surface area contributed by atoms with Crippen molar-refractivity contribution in [2.75, 3.05) is 11.9 Å². The molecule has 0 fully saturated rings. The number of nitrogens with one attached hydrogen (secondary N) is 1. The number of rotatable bonds is 7. The number of carboxylic acids is 1. The maximum atomic E-state index is 14.3. The lowest BCUT2D eigenvalue weighted by molar-refractivity contribution is 0.0514. The maximum absolute atomic E-state index is 14.3. The number of esters is 1. The Bertz CT molecular complexity index is 1290. The van der Waals surface area contributed by atoms with Crippen LogP contribution in [0.5, 0.6) is 11.5 Å². The molecule has 0 radical (unpaired) electrons. The van der Waals surface area contributed by atoms with E-state index in [1.54, 1.807) is 13.0 Å². The van der Waals surface area contributed by atoms with Crippen LogP contribution in [0.3, 0.4) is 0 Å². The molecule has 0 spiro atoms. The number of carbonyl (C=O) groups is 3. The number of aromatic carboxylic acids is 1. The fourth-order valence-electron chi connectivity index (χ4n) is 3.02. The zero-order valence-corrected chi connectivity index (χ0v) is 17.9. The molecule has 0 aromatic heterocycles. The van der Waals surface area contributed by atoms with Crippen LogP contribution < -0.4 is 10.1 Å². The molecule has 1 amide bonds. The number of anilines is 1. The summed E-state index contributed by atoms with van der Waals surface area (Å²) in [5.41, 5.74) is -1.85. The number of para-hydroxylation sites is 2. The Kier molecular flexibility index (Phi) is 7.20. The van der Waals surface area contributed by atoms with Crippen molar-refractivity contribution in [3.8, 4) is 11.5 Å². The molecule has 176 valence electrons. The van der Waals surface area contributed by atoms with E-state index in [0.29, 0.717) is 6.07 Å². The second kappa shape index (κ2) is 10.1. The van der Waals surface area contributed by atoms with Crippen LogP contribution in [0, 0.1) is 24.4 Å². The third-order valence-corrected chi connectivity index (χ3v) is 4.70. The van der Waals surface area contributed by atoms with Crippen molar-refractivity contribution in [2.24, 2.45) is 0 Å². The minimum atomic E-state index is -1.39. The molecule has 3 aromatic rings. The predicted octanol–water partition coefficient (Wildman–Crippen LogP) is 5.33. The summed E-state index contributed by atoms with van der Waals surface area (Å²) in [5, 5.41) is 11.8. The van der Waals surface area contributed by atoms with Gasteiger partial charge in [0.15, 0.2) is 17.4 Å². The second-order valence-electron chi connectivity index (χ2n) is 6.94. The van der Waals surface area contributed by atoms with Gasteiger partial charge in [-0.15, -0.1) is 0 Å². The lowest BCUT2D eigenvalue weighted by Gasteiger charge is -2.14. The van der Waals surface area contributed by atoms with Crippen LogP contribution in [0.15, 0.2) is 48.5 Å². The third-order valence-electron chi connectivity index (χ3n) is 4.70. The lowest BCUT2D eigenvalue weighted by Crippen LogP contribution is -2.16. The van der Waals surface area contributed by atoms with Crippen molar-refractivity contribution in [3.05, 3.63) is 88.2 Å². The molecule has 0 atom stereocenters. The summed E-state index contributed by atoms with van der Waals surface area (Å²) in [4.78, 5) is 36.1. The van der Waals surface area contributed by atoms with E-state index in [-0.39, 0.29) is 34.9 Å². The largest absolute Gasteiger partial charge is 0.478 e. The van der Waals surface area contributed by atoms with Gasteiger partial charge in [-0.2, -0.15) is 0 Å².